The normalized spacial score (nSPS) is 18.7. The number of nitrogens with one attached hydrogen (secondary N) is 1. The SMILES string of the molecule is ClCC1=CCSN1. The Balaban J connectivity index is 2.36. The van der Waals surface area contributed by atoms with Gasteiger partial charge < -0.3 is 4.72 Å². The van der Waals surface area contributed by atoms with Crippen molar-refractivity contribution in [2.45, 2.75) is 0 Å². The van der Waals surface area contributed by atoms with Gasteiger partial charge >= 0.3 is 0 Å². The molecular weight excluding hydrogens is 130 g/mol. The number of hydrogen-bond acceptors (Lipinski definition) is 2. The zero-order valence-corrected chi connectivity index (χ0v) is 5.35. The Labute approximate surface area is 52.3 Å². The summed E-state index contributed by atoms with van der Waals surface area (Å²) < 4.78 is 3.05. The monoisotopic (exact) mass is 135 g/mol. The van der Waals surface area contributed by atoms with Gasteiger partial charge in [-0.3, -0.25) is 0 Å². The Morgan fingerprint density at radius 1 is 2.00 bits per heavy atom. The summed E-state index contributed by atoms with van der Waals surface area (Å²) in [5, 5.41) is 0. The van der Waals surface area contributed by atoms with Gasteiger partial charge in [0, 0.05) is 11.4 Å². The van der Waals surface area contributed by atoms with Gasteiger partial charge in [0.25, 0.3) is 0 Å². The Morgan fingerprint density at radius 3 is 3.14 bits per heavy atom. The van der Waals surface area contributed by atoms with Crippen LogP contribution in [-0.4, -0.2) is 11.6 Å². The van der Waals surface area contributed by atoms with Gasteiger partial charge in [-0.25, -0.2) is 0 Å². The highest BCUT2D eigenvalue weighted by Crippen LogP contribution is 2.09. The first-order valence-electron chi connectivity index (χ1n) is 2.06. The zero-order valence-electron chi connectivity index (χ0n) is 3.78. The summed E-state index contributed by atoms with van der Waals surface area (Å²) in [6.45, 7) is 0. The third-order valence-electron chi connectivity index (χ3n) is 0.760. The van der Waals surface area contributed by atoms with Crippen LogP contribution in [0.3, 0.4) is 0 Å². The molecule has 0 saturated heterocycles. The molecule has 1 nitrogen and oxygen atoms in total. The van der Waals surface area contributed by atoms with Crippen molar-refractivity contribution in [3.63, 3.8) is 0 Å². The molecule has 40 valence electrons. The van der Waals surface area contributed by atoms with Crippen LogP contribution in [0, 0.1) is 0 Å². The number of rotatable bonds is 1. The van der Waals surface area contributed by atoms with E-state index in [9.17, 15) is 0 Å². The average Bonchev–Trinajstić information content (AvgIpc) is 2.14. The smallest absolute Gasteiger partial charge is 0.0627 e. The first-order chi connectivity index (χ1) is 3.43. The third-order valence-corrected chi connectivity index (χ3v) is 1.79. The van der Waals surface area contributed by atoms with Gasteiger partial charge in [0.05, 0.1) is 5.88 Å². The second-order valence-corrected chi connectivity index (χ2v) is 2.37. The summed E-state index contributed by atoms with van der Waals surface area (Å²) in [6.07, 6.45) is 2.09. The highest BCUT2D eigenvalue weighted by molar-refractivity contribution is 7.97. The first kappa shape index (κ1) is 5.32. The van der Waals surface area contributed by atoms with E-state index >= 15 is 0 Å². The van der Waals surface area contributed by atoms with Crippen LogP contribution < -0.4 is 4.72 Å². The van der Waals surface area contributed by atoms with E-state index in [1.807, 2.05) is 0 Å². The van der Waals surface area contributed by atoms with Gasteiger partial charge in [0.1, 0.15) is 0 Å². The minimum atomic E-state index is 0.618. The molecule has 0 amide bonds. The summed E-state index contributed by atoms with van der Waals surface area (Å²) in [5.74, 6) is 1.68. The van der Waals surface area contributed by atoms with Crippen molar-refractivity contribution < 1.29 is 0 Å². The summed E-state index contributed by atoms with van der Waals surface area (Å²) >= 11 is 7.14. The lowest BCUT2D eigenvalue weighted by Crippen LogP contribution is -1.96. The number of allylic oxidation sites excluding steroid dienone is 1. The molecule has 7 heavy (non-hydrogen) atoms. The topological polar surface area (TPSA) is 12.0 Å². The predicted octanol–water partition coefficient (Wildman–Crippen LogP) is 1.36. The lowest BCUT2D eigenvalue weighted by atomic mass is 10.5. The van der Waals surface area contributed by atoms with Crippen molar-refractivity contribution in [2.24, 2.45) is 0 Å². The Morgan fingerprint density at radius 2 is 2.86 bits per heavy atom. The van der Waals surface area contributed by atoms with E-state index in [4.69, 9.17) is 11.6 Å². The molecular formula is C4H6ClNS. The minimum Gasteiger partial charge on any atom is -0.332 e. The fourth-order valence-corrected chi connectivity index (χ4v) is 1.36. The Kier molecular flexibility index (Phi) is 1.88. The van der Waals surface area contributed by atoms with Crippen LogP contribution in [-0.2, 0) is 0 Å². The quantitative estimate of drug-likeness (QED) is 0.431. The maximum absolute atomic E-state index is 5.46. The summed E-state index contributed by atoms with van der Waals surface area (Å²) in [6, 6.07) is 0. The molecule has 0 saturated carbocycles. The van der Waals surface area contributed by atoms with Crippen LogP contribution in [0.5, 0.6) is 0 Å². The van der Waals surface area contributed by atoms with Gasteiger partial charge in [-0.05, 0) is 11.9 Å². The largest absolute Gasteiger partial charge is 0.332 e. The number of hydrogen-bond donors (Lipinski definition) is 1. The second-order valence-electron chi connectivity index (χ2n) is 1.28. The van der Waals surface area contributed by atoms with Gasteiger partial charge in [0.2, 0.25) is 0 Å². The van der Waals surface area contributed by atoms with E-state index < -0.39 is 0 Å². The fourth-order valence-electron chi connectivity index (χ4n) is 0.400. The Hall–Kier alpha value is 0.180. The van der Waals surface area contributed by atoms with Crippen LogP contribution in [0.1, 0.15) is 0 Å². The van der Waals surface area contributed by atoms with E-state index in [2.05, 4.69) is 10.8 Å². The molecule has 0 atom stereocenters. The highest BCUT2D eigenvalue weighted by Gasteiger charge is 1.98. The lowest BCUT2D eigenvalue weighted by molar-refractivity contribution is 1.23. The first-order valence-corrected chi connectivity index (χ1v) is 3.58. The van der Waals surface area contributed by atoms with E-state index in [1.165, 1.54) is 0 Å². The van der Waals surface area contributed by atoms with E-state index in [0.29, 0.717) is 5.88 Å². The van der Waals surface area contributed by atoms with E-state index in [-0.39, 0.29) is 0 Å². The van der Waals surface area contributed by atoms with Crippen LogP contribution in [0.15, 0.2) is 11.8 Å². The highest BCUT2D eigenvalue weighted by atomic mass is 35.5. The predicted molar refractivity (Wildman–Crippen MR) is 34.4 cm³/mol. The Bertz CT molecular complexity index is 91.7. The molecule has 3 heteroatoms. The molecule has 0 radical (unpaired) electrons. The summed E-state index contributed by atoms with van der Waals surface area (Å²) in [7, 11) is 0. The third kappa shape index (κ3) is 1.28. The van der Waals surface area contributed by atoms with E-state index in [0.717, 1.165) is 11.4 Å². The maximum atomic E-state index is 5.46. The second kappa shape index (κ2) is 2.48. The molecule has 1 N–H and O–H groups in total. The standard InChI is InChI=1S/C4H6ClNS/c5-3-4-1-2-7-6-4/h1,6H,2-3H2. The van der Waals surface area contributed by atoms with Crippen molar-refractivity contribution in [1.82, 2.24) is 4.72 Å². The molecule has 0 aliphatic carbocycles. The molecule has 0 unspecified atom stereocenters. The van der Waals surface area contributed by atoms with Gasteiger partial charge in [-0.15, -0.1) is 11.6 Å². The van der Waals surface area contributed by atoms with Crippen molar-refractivity contribution in [2.75, 3.05) is 11.6 Å². The van der Waals surface area contributed by atoms with Gasteiger partial charge in [0.15, 0.2) is 0 Å². The zero-order chi connectivity index (χ0) is 5.11. The molecule has 1 rings (SSSR count). The van der Waals surface area contributed by atoms with Crippen molar-refractivity contribution >= 4 is 23.5 Å². The molecule has 1 aliphatic heterocycles. The minimum absolute atomic E-state index is 0.618. The molecule has 1 aliphatic rings. The summed E-state index contributed by atoms with van der Waals surface area (Å²) in [4.78, 5) is 0. The number of halogens is 1. The summed E-state index contributed by atoms with van der Waals surface area (Å²) in [5.41, 5.74) is 1.15. The number of alkyl halides is 1. The van der Waals surface area contributed by atoms with Crippen LogP contribution in [0.25, 0.3) is 0 Å². The molecule has 0 fully saturated rings. The lowest BCUT2D eigenvalue weighted by Gasteiger charge is -1.92. The van der Waals surface area contributed by atoms with Crippen LogP contribution in [0.2, 0.25) is 0 Å². The average molecular weight is 136 g/mol. The molecule has 0 bridgehead atoms. The van der Waals surface area contributed by atoms with Gasteiger partial charge in [-0.1, -0.05) is 6.08 Å². The molecule has 1 heterocycles. The molecule has 0 aromatic carbocycles. The molecule has 0 aromatic heterocycles. The van der Waals surface area contributed by atoms with Crippen LogP contribution in [0.4, 0.5) is 0 Å². The van der Waals surface area contributed by atoms with Crippen molar-refractivity contribution in [3.8, 4) is 0 Å². The maximum Gasteiger partial charge on any atom is 0.0627 e. The van der Waals surface area contributed by atoms with Crippen molar-refractivity contribution in [3.05, 3.63) is 11.8 Å². The molecule has 0 spiro atoms. The van der Waals surface area contributed by atoms with Crippen LogP contribution >= 0.6 is 23.5 Å². The molecule has 0 aromatic rings. The van der Waals surface area contributed by atoms with Gasteiger partial charge in [-0.2, -0.15) is 0 Å². The van der Waals surface area contributed by atoms with E-state index in [1.54, 1.807) is 11.9 Å². The van der Waals surface area contributed by atoms with Crippen molar-refractivity contribution in [1.29, 1.82) is 0 Å². The fraction of sp³-hybridized carbons (Fsp3) is 0.500.